The number of hydrogen-bond acceptors (Lipinski definition) is 3. The van der Waals surface area contributed by atoms with Gasteiger partial charge in [0.1, 0.15) is 6.10 Å². The van der Waals surface area contributed by atoms with Crippen molar-refractivity contribution in [3.63, 3.8) is 0 Å². The molecule has 2 rings (SSSR count). The molecule has 1 aromatic carbocycles. The first-order chi connectivity index (χ1) is 9.56. The van der Waals surface area contributed by atoms with Gasteiger partial charge in [0, 0.05) is 6.54 Å². The van der Waals surface area contributed by atoms with Crippen LogP contribution in [0.5, 0.6) is 0 Å². The van der Waals surface area contributed by atoms with Gasteiger partial charge in [-0.1, -0.05) is 12.1 Å². The highest BCUT2D eigenvalue weighted by Crippen LogP contribution is 2.18. The van der Waals surface area contributed by atoms with Gasteiger partial charge in [-0.05, 0) is 43.9 Å². The van der Waals surface area contributed by atoms with Crippen LogP contribution in [0.25, 0.3) is 0 Å². The van der Waals surface area contributed by atoms with Gasteiger partial charge in [0.2, 0.25) is 5.91 Å². The quantitative estimate of drug-likeness (QED) is 0.857. The molecule has 0 saturated carbocycles. The van der Waals surface area contributed by atoms with E-state index in [4.69, 9.17) is 9.84 Å². The second kappa shape index (κ2) is 6.52. The molecule has 0 unspecified atom stereocenters. The first-order valence-corrected chi connectivity index (χ1v) is 6.81. The Morgan fingerprint density at radius 1 is 1.40 bits per heavy atom. The summed E-state index contributed by atoms with van der Waals surface area (Å²) >= 11 is 0. The van der Waals surface area contributed by atoms with Crippen molar-refractivity contribution in [2.75, 3.05) is 6.54 Å². The van der Waals surface area contributed by atoms with Gasteiger partial charge in [-0.25, -0.2) is 4.79 Å². The van der Waals surface area contributed by atoms with E-state index in [-0.39, 0.29) is 23.7 Å². The summed E-state index contributed by atoms with van der Waals surface area (Å²) in [6.07, 6.45) is 2.10. The lowest BCUT2D eigenvalue weighted by molar-refractivity contribution is -0.131. The van der Waals surface area contributed by atoms with Crippen LogP contribution >= 0.6 is 0 Å². The molecule has 0 radical (unpaired) electrons. The smallest absolute Gasteiger partial charge is 0.335 e. The lowest BCUT2D eigenvalue weighted by Crippen LogP contribution is -2.35. The molecule has 0 bridgehead atoms. The third-order valence-corrected chi connectivity index (χ3v) is 3.41. The maximum atomic E-state index is 11.8. The molecular weight excluding hydrogens is 258 g/mol. The first kappa shape index (κ1) is 14.5. The molecule has 1 fully saturated rings. The summed E-state index contributed by atoms with van der Waals surface area (Å²) in [5.41, 5.74) is 1.16. The van der Waals surface area contributed by atoms with E-state index in [1.807, 2.05) is 13.0 Å². The van der Waals surface area contributed by atoms with Crippen molar-refractivity contribution in [1.82, 2.24) is 5.32 Å². The van der Waals surface area contributed by atoms with E-state index >= 15 is 0 Å². The molecule has 1 amide bonds. The predicted octanol–water partition coefficient (Wildman–Crippen LogP) is 1.61. The van der Waals surface area contributed by atoms with Gasteiger partial charge in [0.05, 0.1) is 11.7 Å². The highest BCUT2D eigenvalue weighted by atomic mass is 16.5. The standard InChI is InChI=1S/C15H19NO4/c1-10-5-6-13(20-10)14(17)16-8-7-11-3-2-4-12(9-11)15(18)19/h2-4,9-10,13H,5-8H2,1H3,(H,16,17)(H,18,19)/t10-,13+/m0/s1. The molecule has 1 saturated heterocycles. The van der Waals surface area contributed by atoms with Gasteiger partial charge in [0.25, 0.3) is 0 Å². The van der Waals surface area contributed by atoms with Gasteiger partial charge >= 0.3 is 5.97 Å². The van der Waals surface area contributed by atoms with Crippen LogP contribution in [-0.2, 0) is 16.0 Å². The Balaban J connectivity index is 1.79. The molecule has 1 aliphatic rings. The first-order valence-electron chi connectivity index (χ1n) is 6.81. The average Bonchev–Trinajstić information content (AvgIpc) is 2.86. The largest absolute Gasteiger partial charge is 0.478 e. The van der Waals surface area contributed by atoms with Crippen LogP contribution in [0, 0.1) is 0 Å². The number of carbonyl (C=O) groups excluding carboxylic acids is 1. The third kappa shape index (κ3) is 3.81. The maximum Gasteiger partial charge on any atom is 0.335 e. The third-order valence-electron chi connectivity index (χ3n) is 3.41. The maximum absolute atomic E-state index is 11.8. The van der Waals surface area contributed by atoms with Gasteiger partial charge in [-0.2, -0.15) is 0 Å². The van der Waals surface area contributed by atoms with Crippen molar-refractivity contribution in [3.05, 3.63) is 35.4 Å². The van der Waals surface area contributed by atoms with E-state index in [1.165, 1.54) is 0 Å². The van der Waals surface area contributed by atoms with E-state index in [9.17, 15) is 9.59 Å². The Morgan fingerprint density at radius 2 is 2.20 bits per heavy atom. The van der Waals surface area contributed by atoms with Gasteiger partial charge in [-0.15, -0.1) is 0 Å². The Kier molecular flexibility index (Phi) is 4.74. The number of rotatable bonds is 5. The van der Waals surface area contributed by atoms with Crippen LogP contribution in [0.1, 0.15) is 35.7 Å². The summed E-state index contributed by atoms with van der Waals surface area (Å²) < 4.78 is 5.49. The molecule has 0 spiro atoms. The van der Waals surface area contributed by atoms with Crippen molar-refractivity contribution in [1.29, 1.82) is 0 Å². The molecule has 0 aliphatic carbocycles. The normalized spacial score (nSPS) is 21.6. The second-order valence-corrected chi connectivity index (χ2v) is 5.06. The summed E-state index contributed by atoms with van der Waals surface area (Å²) in [4.78, 5) is 22.7. The topological polar surface area (TPSA) is 75.6 Å². The molecule has 108 valence electrons. The SMILES string of the molecule is C[C@H]1CC[C@H](C(=O)NCCc2cccc(C(=O)O)c2)O1. The second-order valence-electron chi connectivity index (χ2n) is 5.06. The molecule has 1 heterocycles. The van der Waals surface area contributed by atoms with Crippen LogP contribution in [0.15, 0.2) is 24.3 Å². The number of amides is 1. The summed E-state index contributed by atoms with van der Waals surface area (Å²) in [6.45, 7) is 2.45. The van der Waals surface area contributed by atoms with Crippen molar-refractivity contribution in [2.24, 2.45) is 0 Å². The highest BCUT2D eigenvalue weighted by Gasteiger charge is 2.27. The summed E-state index contributed by atoms with van der Waals surface area (Å²) in [6, 6.07) is 6.75. The summed E-state index contributed by atoms with van der Waals surface area (Å²) in [5, 5.41) is 11.7. The Hall–Kier alpha value is -1.88. The minimum Gasteiger partial charge on any atom is -0.478 e. The zero-order chi connectivity index (χ0) is 14.5. The van der Waals surface area contributed by atoms with Crippen molar-refractivity contribution in [2.45, 2.75) is 38.4 Å². The van der Waals surface area contributed by atoms with E-state index in [2.05, 4.69) is 5.32 Å². The number of benzene rings is 1. The predicted molar refractivity (Wildman–Crippen MR) is 73.7 cm³/mol. The zero-order valence-electron chi connectivity index (χ0n) is 11.5. The van der Waals surface area contributed by atoms with Crippen LogP contribution in [0.2, 0.25) is 0 Å². The molecule has 5 nitrogen and oxygen atoms in total. The molecule has 0 aromatic heterocycles. The Labute approximate surface area is 117 Å². The average molecular weight is 277 g/mol. The van der Waals surface area contributed by atoms with E-state index in [0.29, 0.717) is 13.0 Å². The fourth-order valence-corrected chi connectivity index (χ4v) is 2.30. The molecule has 20 heavy (non-hydrogen) atoms. The van der Waals surface area contributed by atoms with Crippen molar-refractivity contribution in [3.8, 4) is 0 Å². The van der Waals surface area contributed by atoms with Crippen LogP contribution in [0.3, 0.4) is 0 Å². The molecule has 2 atom stereocenters. The summed E-state index contributed by atoms with van der Waals surface area (Å²) in [5.74, 6) is -1.02. The van der Waals surface area contributed by atoms with E-state index < -0.39 is 5.97 Å². The van der Waals surface area contributed by atoms with Gasteiger partial charge < -0.3 is 15.2 Å². The molecule has 2 N–H and O–H groups in total. The van der Waals surface area contributed by atoms with Gasteiger partial charge in [0.15, 0.2) is 0 Å². The minimum absolute atomic E-state index is 0.0799. The fraction of sp³-hybridized carbons (Fsp3) is 0.467. The number of hydrogen-bond donors (Lipinski definition) is 2. The van der Waals surface area contributed by atoms with Crippen LogP contribution in [-0.4, -0.2) is 35.7 Å². The van der Waals surface area contributed by atoms with Gasteiger partial charge in [-0.3, -0.25) is 4.79 Å². The molecule has 1 aromatic rings. The molecule has 5 heteroatoms. The van der Waals surface area contributed by atoms with Crippen molar-refractivity contribution < 1.29 is 19.4 Å². The number of carboxylic acids is 1. The Morgan fingerprint density at radius 3 is 2.85 bits per heavy atom. The van der Waals surface area contributed by atoms with E-state index in [0.717, 1.165) is 18.4 Å². The van der Waals surface area contributed by atoms with Crippen LogP contribution < -0.4 is 5.32 Å². The summed E-state index contributed by atoms with van der Waals surface area (Å²) in [7, 11) is 0. The molecule has 1 aliphatic heterocycles. The monoisotopic (exact) mass is 277 g/mol. The van der Waals surface area contributed by atoms with Crippen molar-refractivity contribution >= 4 is 11.9 Å². The number of carboxylic acid groups (broad SMARTS) is 1. The number of nitrogens with one attached hydrogen (secondary N) is 1. The highest BCUT2D eigenvalue weighted by molar-refractivity contribution is 5.87. The number of ether oxygens (including phenoxy) is 1. The zero-order valence-corrected chi connectivity index (χ0v) is 11.5. The Bertz CT molecular complexity index is 500. The van der Waals surface area contributed by atoms with E-state index in [1.54, 1.807) is 18.2 Å². The number of carbonyl (C=O) groups is 2. The van der Waals surface area contributed by atoms with Crippen LogP contribution in [0.4, 0.5) is 0 Å². The fourth-order valence-electron chi connectivity index (χ4n) is 2.30. The lowest BCUT2D eigenvalue weighted by atomic mass is 10.1. The minimum atomic E-state index is -0.941. The molecular formula is C15H19NO4. The number of aromatic carboxylic acids is 1. The lowest BCUT2D eigenvalue weighted by Gasteiger charge is -2.11.